The van der Waals surface area contributed by atoms with E-state index in [2.05, 4.69) is 9.97 Å². The minimum Gasteiger partial charge on any atom is -0.291 e. The van der Waals surface area contributed by atoms with Crippen molar-refractivity contribution in [2.75, 3.05) is 0 Å². The van der Waals surface area contributed by atoms with Crippen LogP contribution in [0.1, 0.15) is 5.56 Å². The lowest BCUT2D eigenvalue weighted by molar-refractivity contribution is 0.987. The Labute approximate surface area is 93.2 Å². The van der Waals surface area contributed by atoms with Crippen molar-refractivity contribution in [3.05, 3.63) is 42.6 Å². The summed E-state index contributed by atoms with van der Waals surface area (Å²) in [5, 5.41) is 0. The van der Waals surface area contributed by atoms with Crippen LogP contribution < -0.4 is 0 Å². The van der Waals surface area contributed by atoms with Crippen LogP contribution in [-0.2, 0) is 5.88 Å². The molecule has 0 bridgehead atoms. The molecule has 0 aromatic carbocycles. The molecular formula is C9H9Cl2N3. The van der Waals surface area contributed by atoms with Crippen LogP contribution in [0.25, 0.3) is 5.82 Å². The molecule has 2 aromatic rings. The van der Waals surface area contributed by atoms with Crippen LogP contribution in [0.15, 0.2) is 37.1 Å². The van der Waals surface area contributed by atoms with Gasteiger partial charge in [-0.05, 0) is 11.6 Å². The first-order valence-corrected chi connectivity index (χ1v) is 4.43. The Morgan fingerprint density at radius 3 is 2.71 bits per heavy atom. The van der Waals surface area contributed by atoms with Crippen LogP contribution in [0.5, 0.6) is 0 Å². The zero-order valence-corrected chi connectivity index (χ0v) is 8.87. The quantitative estimate of drug-likeness (QED) is 0.741. The summed E-state index contributed by atoms with van der Waals surface area (Å²) in [6.45, 7) is 0. The molecule has 14 heavy (non-hydrogen) atoms. The fraction of sp³-hybridized carbons (Fsp3) is 0.111. The van der Waals surface area contributed by atoms with Crippen molar-refractivity contribution in [2.24, 2.45) is 0 Å². The summed E-state index contributed by atoms with van der Waals surface area (Å²) < 4.78 is 1.85. The summed E-state index contributed by atoms with van der Waals surface area (Å²) in [5.41, 5.74) is 1.02. The zero-order chi connectivity index (χ0) is 9.10. The SMILES string of the molecule is Cl.ClCc1ccc(-n2ccnc2)nc1. The Morgan fingerprint density at radius 1 is 1.36 bits per heavy atom. The smallest absolute Gasteiger partial charge is 0.137 e. The number of pyridine rings is 1. The van der Waals surface area contributed by atoms with E-state index in [0.29, 0.717) is 5.88 Å². The number of hydrogen-bond acceptors (Lipinski definition) is 2. The van der Waals surface area contributed by atoms with Gasteiger partial charge in [-0.2, -0.15) is 0 Å². The predicted octanol–water partition coefficient (Wildman–Crippen LogP) is 2.43. The van der Waals surface area contributed by atoms with Crippen molar-refractivity contribution in [2.45, 2.75) is 5.88 Å². The first-order chi connectivity index (χ1) is 6.40. The lowest BCUT2D eigenvalue weighted by Crippen LogP contribution is -1.94. The third-order valence-electron chi connectivity index (χ3n) is 1.73. The van der Waals surface area contributed by atoms with Gasteiger partial charge in [0.2, 0.25) is 0 Å². The summed E-state index contributed by atoms with van der Waals surface area (Å²) >= 11 is 5.65. The van der Waals surface area contributed by atoms with Crippen molar-refractivity contribution < 1.29 is 0 Å². The van der Waals surface area contributed by atoms with E-state index in [0.717, 1.165) is 11.4 Å². The number of hydrogen-bond donors (Lipinski definition) is 0. The molecule has 0 aliphatic heterocycles. The van der Waals surface area contributed by atoms with E-state index in [1.807, 2.05) is 22.9 Å². The molecule has 0 aliphatic carbocycles. The fourth-order valence-corrected chi connectivity index (χ4v) is 1.20. The van der Waals surface area contributed by atoms with E-state index >= 15 is 0 Å². The molecule has 3 nitrogen and oxygen atoms in total. The average molecular weight is 230 g/mol. The number of alkyl halides is 1. The first-order valence-electron chi connectivity index (χ1n) is 3.89. The van der Waals surface area contributed by atoms with Gasteiger partial charge in [-0.15, -0.1) is 24.0 Å². The Bertz CT molecular complexity index is 369. The Kier molecular flexibility index (Phi) is 3.92. The predicted molar refractivity (Wildman–Crippen MR) is 58.2 cm³/mol. The minimum absolute atomic E-state index is 0. The van der Waals surface area contributed by atoms with E-state index in [1.165, 1.54) is 0 Å². The normalized spacial score (nSPS) is 9.50. The number of rotatable bonds is 2. The zero-order valence-electron chi connectivity index (χ0n) is 7.30. The van der Waals surface area contributed by atoms with Gasteiger partial charge in [-0.25, -0.2) is 9.97 Å². The summed E-state index contributed by atoms with van der Waals surface area (Å²) in [4.78, 5) is 8.17. The highest BCUT2D eigenvalue weighted by Gasteiger charge is 1.96. The lowest BCUT2D eigenvalue weighted by Gasteiger charge is -2.00. The maximum atomic E-state index is 5.65. The topological polar surface area (TPSA) is 30.7 Å². The summed E-state index contributed by atoms with van der Waals surface area (Å²) in [6.07, 6.45) is 7.05. The fourth-order valence-electron chi connectivity index (χ4n) is 1.04. The van der Waals surface area contributed by atoms with Crippen LogP contribution >= 0.6 is 24.0 Å². The van der Waals surface area contributed by atoms with Crippen LogP contribution in [-0.4, -0.2) is 14.5 Å². The Morgan fingerprint density at radius 2 is 2.21 bits per heavy atom. The summed E-state index contributed by atoms with van der Waals surface area (Å²) in [5.74, 6) is 1.35. The van der Waals surface area contributed by atoms with Crippen LogP contribution in [0.3, 0.4) is 0 Å². The second kappa shape index (κ2) is 4.98. The van der Waals surface area contributed by atoms with Gasteiger partial charge in [-0.1, -0.05) is 6.07 Å². The highest BCUT2D eigenvalue weighted by Crippen LogP contribution is 2.06. The number of halogens is 2. The van der Waals surface area contributed by atoms with E-state index in [1.54, 1.807) is 18.7 Å². The van der Waals surface area contributed by atoms with Gasteiger partial charge in [0.1, 0.15) is 12.1 Å². The van der Waals surface area contributed by atoms with Crippen LogP contribution in [0, 0.1) is 0 Å². The molecule has 0 spiro atoms. The van der Waals surface area contributed by atoms with Gasteiger partial charge in [0.05, 0.1) is 0 Å². The van der Waals surface area contributed by atoms with Gasteiger partial charge in [0.15, 0.2) is 0 Å². The third kappa shape index (κ3) is 2.25. The average Bonchev–Trinajstić information content (AvgIpc) is 2.71. The van der Waals surface area contributed by atoms with E-state index in [4.69, 9.17) is 11.6 Å². The molecule has 0 saturated carbocycles. The third-order valence-corrected chi connectivity index (χ3v) is 2.04. The molecule has 0 atom stereocenters. The van der Waals surface area contributed by atoms with E-state index in [9.17, 15) is 0 Å². The molecule has 2 aromatic heterocycles. The standard InChI is InChI=1S/C9H8ClN3.ClH/c10-5-8-1-2-9(12-6-8)13-4-3-11-7-13;/h1-4,6-7H,5H2;1H. The molecule has 0 unspecified atom stereocenters. The summed E-state index contributed by atoms with van der Waals surface area (Å²) in [6, 6.07) is 3.87. The maximum absolute atomic E-state index is 5.65. The number of nitrogens with zero attached hydrogens (tertiary/aromatic N) is 3. The largest absolute Gasteiger partial charge is 0.291 e. The molecule has 0 fully saturated rings. The Hall–Kier alpha value is -1.06. The molecule has 0 N–H and O–H groups in total. The molecule has 0 radical (unpaired) electrons. The molecule has 5 heteroatoms. The van der Waals surface area contributed by atoms with Crippen molar-refractivity contribution in [3.63, 3.8) is 0 Å². The van der Waals surface area contributed by atoms with Gasteiger partial charge in [0.25, 0.3) is 0 Å². The van der Waals surface area contributed by atoms with Gasteiger partial charge in [-0.3, -0.25) is 4.57 Å². The van der Waals surface area contributed by atoms with Gasteiger partial charge >= 0.3 is 0 Å². The number of imidazole rings is 1. The van der Waals surface area contributed by atoms with Crippen LogP contribution in [0.2, 0.25) is 0 Å². The van der Waals surface area contributed by atoms with Crippen molar-refractivity contribution >= 4 is 24.0 Å². The molecular weight excluding hydrogens is 221 g/mol. The second-order valence-electron chi connectivity index (χ2n) is 2.63. The maximum Gasteiger partial charge on any atom is 0.137 e. The molecule has 2 heterocycles. The van der Waals surface area contributed by atoms with Crippen molar-refractivity contribution in [3.8, 4) is 5.82 Å². The van der Waals surface area contributed by atoms with E-state index in [-0.39, 0.29) is 12.4 Å². The van der Waals surface area contributed by atoms with Crippen LogP contribution in [0.4, 0.5) is 0 Å². The van der Waals surface area contributed by atoms with E-state index < -0.39 is 0 Å². The molecule has 2 rings (SSSR count). The van der Waals surface area contributed by atoms with Gasteiger partial charge in [0, 0.05) is 24.5 Å². The second-order valence-corrected chi connectivity index (χ2v) is 2.90. The lowest BCUT2D eigenvalue weighted by atomic mass is 10.3. The molecule has 74 valence electrons. The summed E-state index contributed by atoms with van der Waals surface area (Å²) in [7, 11) is 0. The number of aromatic nitrogens is 3. The van der Waals surface area contributed by atoms with Crippen molar-refractivity contribution in [1.29, 1.82) is 0 Å². The highest BCUT2D eigenvalue weighted by atomic mass is 35.5. The monoisotopic (exact) mass is 229 g/mol. The molecule has 0 saturated heterocycles. The minimum atomic E-state index is 0. The Balaban J connectivity index is 0.000000980. The van der Waals surface area contributed by atoms with Crippen molar-refractivity contribution in [1.82, 2.24) is 14.5 Å². The molecule has 0 aliphatic rings. The van der Waals surface area contributed by atoms with Gasteiger partial charge < -0.3 is 0 Å². The molecule has 0 amide bonds. The first kappa shape index (κ1) is 11.0. The highest BCUT2D eigenvalue weighted by molar-refractivity contribution is 6.17.